The van der Waals surface area contributed by atoms with Gasteiger partial charge in [-0.1, -0.05) is 50.1 Å². The van der Waals surface area contributed by atoms with Crippen LogP contribution in [0.25, 0.3) is 16.9 Å². The molecule has 0 fully saturated rings. The lowest BCUT2D eigenvalue weighted by Gasteiger charge is -2.08. The van der Waals surface area contributed by atoms with Crippen LogP contribution in [-0.2, 0) is 0 Å². The normalized spacial score (nSPS) is 10.7. The number of hydrogen-bond donors (Lipinski definition) is 1. The van der Waals surface area contributed by atoms with Crippen LogP contribution in [0.2, 0.25) is 0 Å². The summed E-state index contributed by atoms with van der Waals surface area (Å²) < 4.78 is 15.7. The first-order chi connectivity index (χ1) is 12.7. The van der Waals surface area contributed by atoms with Gasteiger partial charge in [0.15, 0.2) is 0 Å². The molecule has 3 aromatic rings. The third-order valence-electron chi connectivity index (χ3n) is 4.16. The molecular formula is C21H22FN3O. The van der Waals surface area contributed by atoms with Crippen molar-refractivity contribution >= 4 is 5.91 Å². The summed E-state index contributed by atoms with van der Waals surface area (Å²) in [6, 6.07) is 17.5. The van der Waals surface area contributed by atoms with E-state index in [1.54, 1.807) is 28.9 Å². The van der Waals surface area contributed by atoms with E-state index >= 15 is 0 Å². The molecule has 0 atom stereocenters. The molecule has 2 aromatic carbocycles. The highest BCUT2D eigenvalue weighted by molar-refractivity contribution is 5.94. The first kappa shape index (κ1) is 17.9. The number of halogens is 1. The zero-order valence-electron chi connectivity index (χ0n) is 14.8. The lowest BCUT2D eigenvalue weighted by molar-refractivity contribution is 0.0945. The Morgan fingerprint density at radius 2 is 1.81 bits per heavy atom. The van der Waals surface area contributed by atoms with Crippen LogP contribution in [-0.4, -0.2) is 22.2 Å². The monoisotopic (exact) mass is 351 g/mol. The van der Waals surface area contributed by atoms with Gasteiger partial charge in [-0.2, -0.15) is 5.10 Å². The van der Waals surface area contributed by atoms with E-state index in [2.05, 4.69) is 17.3 Å². The summed E-state index contributed by atoms with van der Waals surface area (Å²) in [6.07, 6.45) is 3.09. The second-order valence-electron chi connectivity index (χ2n) is 6.11. The summed E-state index contributed by atoms with van der Waals surface area (Å²) in [6.45, 7) is 2.73. The summed E-state index contributed by atoms with van der Waals surface area (Å²) in [5.74, 6) is -0.569. The molecule has 1 aromatic heterocycles. The highest BCUT2D eigenvalue weighted by Crippen LogP contribution is 2.24. The Hall–Kier alpha value is -2.95. The van der Waals surface area contributed by atoms with Gasteiger partial charge in [-0.05, 0) is 36.8 Å². The van der Waals surface area contributed by atoms with E-state index in [4.69, 9.17) is 0 Å². The number of benzene rings is 2. The van der Waals surface area contributed by atoms with Crippen molar-refractivity contribution < 1.29 is 9.18 Å². The van der Waals surface area contributed by atoms with Crippen molar-refractivity contribution in [3.8, 4) is 16.9 Å². The largest absolute Gasteiger partial charge is 0.351 e. The fraction of sp³-hybridized carbons (Fsp3) is 0.238. The van der Waals surface area contributed by atoms with Crippen LogP contribution in [0.1, 0.15) is 36.7 Å². The first-order valence-electron chi connectivity index (χ1n) is 8.89. The SMILES string of the molecule is CCCCCNC(=O)c1cc(-c2ccccc2F)nn1-c1ccccc1. The molecule has 0 aliphatic carbocycles. The van der Waals surface area contributed by atoms with Crippen molar-refractivity contribution in [3.05, 3.63) is 72.2 Å². The number of rotatable bonds is 7. The number of amides is 1. The fourth-order valence-electron chi connectivity index (χ4n) is 2.78. The molecule has 0 aliphatic heterocycles. The minimum absolute atomic E-state index is 0.208. The smallest absolute Gasteiger partial charge is 0.270 e. The van der Waals surface area contributed by atoms with Crippen LogP contribution in [0.4, 0.5) is 4.39 Å². The van der Waals surface area contributed by atoms with Crippen molar-refractivity contribution in [3.63, 3.8) is 0 Å². The maximum Gasteiger partial charge on any atom is 0.270 e. The molecule has 1 N–H and O–H groups in total. The number of aromatic nitrogens is 2. The molecule has 0 saturated carbocycles. The average molecular weight is 351 g/mol. The summed E-state index contributed by atoms with van der Waals surface area (Å²) in [5.41, 5.74) is 1.97. The van der Waals surface area contributed by atoms with Crippen LogP contribution in [0.15, 0.2) is 60.7 Å². The van der Waals surface area contributed by atoms with E-state index in [-0.39, 0.29) is 11.7 Å². The molecule has 4 nitrogen and oxygen atoms in total. The van der Waals surface area contributed by atoms with E-state index in [9.17, 15) is 9.18 Å². The molecule has 26 heavy (non-hydrogen) atoms. The summed E-state index contributed by atoms with van der Waals surface area (Å²) >= 11 is 0. The van der Waals surface area contributed by atoms with E-state index in [1.165, 1.54) is 6.07 Å². The summed E-state index contributed by atoms with van der Waals surface area (Å²) in [5, 5.41) is 7.42. The van der Waals surface area contributed by atoms with E-state index < -0.39 is 0 Å². The predicted octanol–water partition coefficient (Wildman–Crippen LogP) is 4.60. The number of hydrogen-bond acceptors (Lipinski definition) is 2. The van der Waals surface area contributed by atoms with Crippen LogP contribution in [0, 0.1) is 5.82 Å². The molecule has 3 rings (SSSR count). The zero-order chi connectivity index (χ0) is 18.4. The fourth-order valence-corrected chi connectivity index (χ4v) is 2.78. The molecule has 0 unspecified atom stereocenters. The maximum atomic E-state index is 14.2. The van der Waals surface area contributed by atoms with Gasteiger partial charge in [-0.25, -0.2) is 9.07 Å². The number of unbranched alkanes of at least 4 members (excludes halogenated alkanes) is 2. The maximum absolute atomic E-state index is 14.2. The van der Waals surface area contributed by atoms with Crippen molar-refractivity contribution in [2.24, 2.45) is 0 Å². The second-order valence-corrected chi connectivity index (χ2v) is 6.11. The van der Waals surface area contributed by atoms with Gasteiger partial charge >= 0.3 is 0 Å². The van der Waals surface area contributed by atoms with Gasteiger partial charge in [-0.15, -0.1) is 0 Å². The van der Waals surface area contributed by atoms with Crippen molar-refractivity contribution in [1.29, 1.82) is 0 Å². The van der Waals surface area contributed by atoms with Crippen molar-refractivity contribution in [2.45, 2.75) is 26.2 Å². The van der Waals surface area contributed by atoms with Crippen molar-refractivity contribution in [2.75, 3.05) is 6.54 Å². The molecule has 0 bridgehead atoms. The zero-order valence-corrected chi connectivity index (χ0v) is 14.8. The molecule has 134 valence electrons. The quantitative estimate of drug-likeness (QED) is 0.633. The minimum Gasteiger partial charge on any atom is -0.351 e. The Bertz CT molecular complexity index is 874. The Kier molecular flexibility index (Phi) is 5.79. The van der Waals surface area contributed by atoms with Crippen LogP contribution >= 0.6 is 0 Å². The van der Waals surface area contributed by atoms with Gasteiger partial charge in [0, 0.05) is 12.1 Å². The van der Waals surface area contributed by atoms with Crippen LogP contribution in [0.3, 0.4) is 0 Å². The third kappa shape index (κ3) is 3.99. The Labute approximate surface area is 152 Å². The highest BCUT2D eigenvalue weighted by atomic mass is 19.1. The van der Waals surface area contributed by atoms with Gasteiger partial charge in [0.25, 0.3) is 5.91 Å². The molecule has 0 saturated heterocycles. The number of para-hydroxylation sites is 1. The lowest BCUT2D eigenvalue weighted by atomic mass is 10.1. The lowest BCUT2D eigenvalue weighted by Crippen LogP contribution is -2.26. The summed E-state index contributed by atoms with van der Waals surface area (Å²) in [4.78, 5) is 12.7. The molecular weight excluding hydrogens is 329 g/mol. The molecule has 0 spiro atoms. The molecule has 1 amide bonds. The topological polar surface area (TPSA) is 46.9 Å². The van der Waals surface area contributed by atoms with E-state index in [0.717, 1.165) is 24.9 Å². The van der Waals surface area contributed by atoms with Gasteiger partial charge < -0.3 is 5.32 Å². The van der Waals surface area contributed by atoms with Gasteiger partial charge in [0.05, 0.1) is 11.4 Å². The standard InChI is InChI=1S/C21H22FN3O/c1-2-3-9-14-23-21(26)20-15-19(17-12-7-8-13-18(17)22)24-25(20)16-10-5-4-6-11-16/h4-8,10-13,15H,2-3,9,14H2,1H3,(H,23,26). The highest BCUT2D eigenvalue weighted by Gasteiger charge is 2.18. The molecule has 0 radical (unpaired) electrons. The first-order valence-corrected chi connectivity index (χ1v) is 8.89. The third-order valence-corrected chi connectivity index (χ3v) is 4.16. The van der Waals surface area contributed by atoms with E-state index in [0.29, 0.717) is 23.5 Å². The molecule has 0 aliphatic rings. The number of nitrogens with one attached hydrogen (secondary N) is 1. The van der Waals surface area contributed by atoms with Gasteiger partial charge in [0.2, 0.25) is 0 Å². The van der Waals surface area contributed by atoms with Crippen molar-refractivity contribution in [1.82, 2.24) is 15.1 Å². The minimum atomic E-state index is -0.361. The molecule has 5 heteroatoms. The van der Waals surface area contributed by atoms with Crippen LogP contribution < -0.4 is 5.32 Å². The number of nitrogens with zero attached hydrogens (tertiary/aromatic N) is 2. The molecule has 1 heterocycles. The Morgan fingerprint density at radius 3 is 2.54 bits per heavy atom. The Balaban J connectivity index is 1.96. The van der Waals surface area contributed by atoms with Gasteiger partial charge in [0.1, 0.15) is 11.5 Å². The number of carbonyl (C=O) groups is 1. The van der Waals surface area contributed by atoms with E-state index in [1.807, 2.05) is 30.3 Å². The second kappa shape index (κ2) is 8.43. The number of carbonyl (C=O) groups excluding carboxylic acids is 1. The van der Waals surface area contributed by atoms with Gasteiger partial charge in [-0.3, -0.25) is 4.79 Å². The predicted molar refractivity (Wildman–Crippen MR) is 101 cm³/mol. The Morgan fingerprint density at radius 1 is 1.08 bits per heavy atom. The van der Waals surface area contributed by atoms with Crippen LogP contribution in [0.5, 0.6) is 0 Å². The summed E-state index contributed by atoms with van der Waals surface area (Å²) in [7, 11) is 0. The average Bonchev–Trinajstić information content (AvgIpc) is 3.11.